The molecule has 120 valence electrons. The third kappa shape index (κ3) is 3.01. The van der Waals surface area contributed by atoms with Gasteiger partial charge in [-0.15, -0.1) is 0 Å². The predicted octanol–water partition coefficient (Wildman–Crippen LogP) is 4.94. The highest BCUT2D eigenvalue weighted by Crippen LogP contribution is 2.29. The summed E-state index contributed by atoms with van der Waals surface area (Å²) < 4.78 is 33.1. The van der Waals surface area contributed by atoms with E-state index in [4.69, 9.17) is 4.74 Å². The van der Waals surface area contributed by atoms with E-state index < -0.39 is 11.6 Å². The summed E-state index contributed by atoms with van der Waals surface area (Å²) in [6.07, 6.45) is 0.603. The van der Waals surface area contributed by atoms with Gasteiger partial charge in [0.05, 0.1) is 11.3 Å². The van der Waals surface area contributed by atoms with Gasteiger partial charge in [0.1, 0.15) is 5.75 Å². The fourth-order valence-electron chi connectivity index (χ4n) is 2.25. The largest absolute Gasteiger partial charge is 0.438 e. The minimum atomic E-state index is -0.995. The lowest BCUT2D eigenvalue weighted by molar-refractivity contribution is 0.112. The van der Waals surface area contributed by atoms with E-state index in [1.807, 2.05) is 19.1 Å². The van der Waals surface area contributed by atoms with Crippen molar-refractivity contribution < 1.29 is 18.3 Å². The number of nitrogens with zero attached hydrogens (tertiary/aromatic N) is 1. The van der Waals surface area contributed by atoms with E-state index in [9.17, 15) is 13.6 Å². The van der Waals surface area contributed by atoms with Crippen LogP contribution in [0.4, 0.5) is 8.78 Å². The number of aromatic nitrogens is 1. The number of carbonyl (C=O) groups is 1. The Labute approximate surface area is 137 Å². The summed E-state index contributed by atoms with van der Waals surface area (Å²) in [5.74, 6) is -1.38. The number of hydrogen-bond donors (Lipinski definition) is 0. The molecule has 3 rings (SSSR count). The van der Waals surface area contributed by atoms with Crippen LogP contribution >= 0.6 is 0 Å². The lowest BCUT2D eigenvalue weighted by Crippen LogP contribution is -1.98. The molecule has 0 amide bonds. The molecule has 2 aromatic carbocycles. The normalized spacial score (nSPS) is 10.5. The maximum absolute atomic E-state index is 14.0. The molecule has 3 nitrogen and oxygen atoms in total. The lowest BCUT2D eigenvalue weighted by Gasteiger charge is -2.11. The monoisotopic (exact) mass is 325 g/mol. The zero-order valence-electron chi connectivity index (χ0n) is 12.8. The van der Waals surface area contributed by atoms with Crippen molar-refractivity contribution in [2.45, 2.75) is 6.92 Å². The smallest absolute Gasteiger partial charge is 0.230 e. The third-order valence-electron chi connectivity index (χ3n) is 3.54. The first-order valence-electron chi connectivity index (χ1n) is 7.24. The van der Waals surface area contributed by atoms with Crippen molar-refractivity contribution in [1.29, 1.82) is 0 Å². The van der Waals surface area contributed by atoms with Gasteiger partial charge in [0.15, 0.2) is 17.9 Å². The fraction of sp³-hybridized carbons (Fsp3) is 0.0526. The molecular formula is C19H13F2NO2. The number of ether oxygens (including phenoxy) is 1. The molecule has 5 heteroatoms. The Bertz CT molecular complexity index is 910. The molecule has 3 aromatic rings. The van der Waals surface area contributed by atoms with Crippen LogP contribution in [0.1, 0.15) is 15.9 Å². The number of pyridine rings is 1. The molecule has 0 atom stereocenters. The van der Waals surface area contributed by atoms with Crippen molar-refractivity contribution >= 4 is 6.29 Å². The van der Waals surface area contributed by atoms with Crippen LogP contribution in [-0.4, -0.2) is 11.3 Å². The van der Waals surface area contributed by atoms with Gasteiger partial charge in [-0.2, -0.15) is 0 Å². The zero-order chi connectivity index (χ0) is 17.1. The molecule has 0 unspecified atom stereocenters. The van der Waals surface area contributed by atoms with Gasteiger partial charge in [-0.25, -0.2) is 13.8 Å². The molecule has 0 aliphatic carbocycles. The number of benzene rings is 2. The topological polar surface area (TPSA) is 39.2 Å². The second-order valence-electron chi connectivity index (χ2n) is 5.18. The number of rotatable bonds is 4. The Morgan fingerprint density at radius 2 is 1.79 bits per heavy atom. The van der Waals surface area contributed by atoms with E-state index in [0.717, 1.165) is 11.6 Å². The summed E-state index contributed by atoms with van der Waals surface area (Å²) in [4.78, 5) is 15.4. The van der Waals surface area contributed by atoms with E-state index in [0.29, 0.717) is 12.0 Å². The molecule has 0 saturated heterocycles. The van der Waals surface area contributed by atoms with Gasteiger partial charge in [-0.1, -0.05) is 24.3 Å². The number of halogens is 2. The molecule has 0 bridgehead atoms. The summed E-state index contributed by atoms with van der Waals surface area (Å²) in [6, 6.07) is 14.0. The van der Waals surface area contributed by atoms with Gasteiger partial charge < -0.3 is 4.74 Å². The highest BCUT2D eigenvalue weighted by Gasteiger charge is 2.14. The molecule has 0 aliphatic rings. The van der Waals surface area contributed by atoms with E-state index >= 15 is 0 Å². The molecule has 0 saturated carbocycles. The van der Waals surface area contributed by atoms with Crippen molar-refractivity contribution in [3.05, 3.63) is 77.4 Å². The van der Waals surface area contributed by atoms with Gasteiger partial charge in [0.25, 0.3) is 0 Å². The van der Waals surface area contributed by atoms with Crippen molar-refractivity contribution in [2.75, 3.05) is 0 Å². The number of carbonyl (C=O) groups excluding carboxylic acids is 1. The lowest BCUT2D eigenvalue weighted by atomic mass is 10.1. The number of aryl methyl sites for hydroxylation is 1. The molecule has 1 heterocycles. The Kier molecular flexibility index (Phi) is 4.33. The molecular weight excluding hydrogens is 312 g/mol. The van der Waals surface area contributed by atoms with Gasteiger partial charge in [0.2, 0.25) is 5.88 Å². The second-order valence-corrected chi connectivity index (χ2v) is 5.18. The molecule has 0 N–H and O–H groups in total. The van der Waals surface area contributed by atoms with Crippen LogP contribution in [0.25, 0.3) is 11.3 Å². The molecule has 0 radical (unpaired) electrons. The highest BCUT2D eigenvalue weighted by molar-refractivity contribution is 5.79. The summed E-state index contributed by atoms with van der Waals surface area (Å²) >= 11 is 0. The van der Waals surface area contributed by atoms with Crippen LogP contribution in [-0.2, 0) is 0 Å². The predicted molar refractivity (Wildman–Crippen MR) is 86.2 cm³/mol. The first-order chi connectivity index (χ1) is 11.6. The first kappa shape index (κ1) is 15.8. The Morgan fingerprint density at radius 1 is 1.00 bits per heavy atom. The van der Waals surface area contributed by atoms with Crippen LogP contribution in [0.2, 0.25) is 0 Å². The van der Waals surface area contributed by atoms with E-state index in [1.54, 1.807) is 12.1 Å². The van der Waals surface area contributed by atoms with Crippen molar-refractivity contribution in [3.63, 3.8) is 0 Å². The average Bonchev–Trinajstić information content (AvgIpc) is 2.59. The van der Waals surface area contributed by atoms with Gasteiger partial charge >= 0.3 is 0 Å². The Morgan fingerprint density at radius 3 is 2.54 bits per heavy atom. The fourth-order valence-corrected chi connectivity index (χ4v) is 2.25. The molecule has 0 spiro atoms. The molecule has 0 fully saturated rings. The number of hydrogen-bond acceptors (Lipinski definition) is 3. The molecule has 24 heavy (non-hydrogen) atoms. The second kappa shape index (κ2) is 6.58. The highest BCUT2D eigenvalue weighted by atomic mass is 19.2. The summed E-state index contributed by atoms with van der Waals surface area (Å²) in [6.45, 7) is 1.85. The quantitative estimate of drug-likeness (QED) is 0.638. The van der Waals surface area contributed by atoms with Crippen molar-refractivity contribution in [2.24, 2.45) is 0 Å². The van der Waals surface area contributed by atoms with Crippen LogP contribution in [0.5, 0.6) is 11.6 Å². The zero-order valence-corrected chi connectivity index (χ0v) is 12.8. The Hall–Kier alpha value is -3.08. The third-order valence-corrected chi connectivity index (χ3v) is 3.54. The van der Waals surface area contributed by atoms with Crippen molar-refractivity contribution in [3.8, 4) is 22.9 Å². The number of aldehydes is 1. The first-order valence-corrected chi connectivity index (χ1v) is 7.24. The van der Waals surface area contributed by atoms with Gasteiger partial charge in [0, 0.05) is 5.56 Å². The van der Waals surface area contributed by atoms with Crippen molar-refractivity contribution in [1.82, 2.24) is 4.98 Å². The SMILES string of the molecule is Cc1ccccc1Oc1nc(-c2cccc(F)c2F)ccc1C=O. The van der Waals surface area contributed by atoms with E-state index in [-0.39, 0.29) is 22.7 Å². The summed E-state index contributed by atoms with van der Waals surface area (Å²) in [5, 5.41) is 0. The van der Waals surface area contributed by atoms with Crippen LogP contribution in [0, 0.1) is 18.6 Å². The minimum Gasteiger partial charge on any atom is -0.438 e. The summed E-state index contributed by atoms with van der Waals surface area (Å²) in [5.41, 5.74) is 1.26. The van der Waals surface area contributed by atoms with Gasteiger partial charge in [-0.05, 0) is 42.8 Å². The summed E-state index contributed by atoms with van der Waals surface area (Å²) in [7, 11) is 0. The van der Waals surface area contributed by atoms with E-state index in [1.165, 1.54) is 24.3 Å². The van der Waals surface area contributed by atoms with Crippen LogP contribution < -0.4 is 4.74 Å². The van der Waals surface area contributed by atoms with Crippen LogP contribution in [0.3, 0.4) is 0 Å². The Balaban J connectivity index is 2.07. The maximum atomic E-state index is 14.0. The number of para-hydroxylation sites is 1. The van der Waals surface area contributed by atoms with E-state index in [2.05, 4.69) is 4.98 Å². The average molecular weight is 325 g/mol. The van der Waals surface area contributed by atoms with Crippen LogP contribution in [0.15, 0.2) is 54.6 Å². The maximum Gasteiger partial charge on any atom is 0.230 e. The standard InChI is InChI=1S/C19H13F2NO2/c1-12-5-2-3-8-17(12)24-19-13(11-23)9-10-16(22-19)14-6-4-7-15(20)18(14)21/h2-11H,1H3. The minimum absolute atomic E-state index is 0.00193. The molecule has 1 aromatic heterocycles. The molecule has 0 aliphatic heterocycles. The van der Waals surface area contributed by atoms with Gasteiger partial charge in [-0.3, -0.25) is 4.79 Å².